The lowest BCUT2D eigenvalue weighted by Crippen LogP contribution is -2.52. The number of nitrogens with zero attached hydrogens (tertiary/aromatic N) is 4. The normalized spacial score (nSPS) is 24.5. The molecule has 2 atom stereocenters. The minimum atomic E-state index is -0.260. The molecule has 0 radical (unpaired) electrons. The first-order valence-electron chi connectivity index (χ1n) is 10.1. The average Bonchev–Trinajstić information content (AvgIpc) is 3.09. The second kappa shape index (κ2) is 9.01. The molecule has 28 heavy (non-hydrogen) atoms. The van der Waals surface area contributed by atoms with Crippen molar-refractivity contribution in [3.05, 3.63) is 59.9 Å². The third-order valence-corrected chi connectivity index (χ3v) is 5.78. The number of aliphatic hydroxyl groups excluding tert-OH is 1. The lowest BCUT2D eigenvalue weighted by atomic mass is 10.1. The van der Waals surface area contributed by atoms with Crippen LogP contribution >= 0.6 is 0 Å². The summed E-state index contributed by atoms with van der Waals surface area (Å²) in [5, 5.41) is 10.6. The summed E-state index contributed by atoms with van der Waals surface area (Å²) in [6.45, 7) is 7.29. The van der Waals surface area contributed by atoms with Gasteiger partial charge in [0.2, 0.25) is 0 Å². The molecule has 2 aliphatic heterocycles. The van der Waals surface area contributed by atoms with Crippen LogP contribution < -0.4 is 4.74 Å². The first-order chi connectivity index (χ1) is 13.7. The molecule has 1 aromatic carbocycles. The molecular weight excluding hydrogens is 352 g/mol. The van der Waals surface area contributed by atoms with Crippen LogP contribution in [0.2, 0.25) is 0 Å². The van der Waals surface area contributed by atoms with Crippen LogP contribution in [0.4, 0.5) is 0 Å². The second-order valence-electron chi connectivity index (χ2n) is 7.92. The number of pyridine rings is 1. The van der Waals surface area contributed by atoms with Gasteiger partial charge in [0, 0.05) is 58.1 Å². The fourth-order valence-corrected chi connectivity index (χ4v) is 4.08. The summed E-state index contributed by atoms with van der Waals surface area (Å²) in [4.78, 5) is 11.4. The van der Waals surface area contributed by atoms with Gasteiger partial charge in [-0.05, 0) is 36.9 Å². The van der Waals surface area contributed by atoms with Crippen LogP contribution in [0.1, 0.15) is 11.3 Å². The summed E-state index contributed by atoms with van der Waals surface area (Å²) >= 11 is 0. The molecule has 2 aromatic rings. The highest BCUT2D eigenvalue weighted by Gasteiger charge is 2.36. The number of aliphatic hydroxyl groups is 1. The molecule has 150 valence electrons. The number of β-amino-alcohol motifs (C(OH)–C–C–N with tert-alkyl or cyclic N) is 1. The zero-order valence-electron chi connectivity index (χ0n) is 16.6. The molecule has 0 amide bonds. The molecule has 6 nitrogen and oxygen atoms in total. The van der Waals surface area contributed by atoms with Crippen molar-refractivity contribution in [1.29, 1.82) is 0 Å². The van der Waals surface area contributed by atoms with Crippen LogP contribution in [0.15, 0.2) is 48.7 Å². The Labute approximate surface area is 167 Å². The molecule has 0 spiro atoms. The Morgan fingerprint density at radius 1 is 1.04 bits per heavy atom. The van der Waals surface area contributed by atoms with E-state index in [1.54, 1.807) is 6.20 Å². The fourth-order valence-electron chi connectivity index (χ4n) is 4.08. The molecule has 0 aliphatic carbocycles. The van der Waals surface area contributed by atoms with Gasteiger partial charge in [-0.2, -0.15) is 0 Å². The maximum atomic E-state index is 10.6. The lowest BCUT2D eigenvalue weighted by molar-refractivity contribution is 0.0512. The summed E-state index contributed by atoms with van der Waals surface area (Å²) in [7, 11) is 2.17. The monoisotopic (exact) mass is 382 g/mol. The van der Waals surface area contributed by atoms with Crippen LogP contribution in [-0.2, 0) is 13.2 Å². The first-order valence-corrected chi connectivity index (χ1v) is 10.1. The molecule has 0 unspecified atom stereocenters. The Balaban J connectivity index is 1.27. The third-order valence-electron chi connectivity index (χ3n) is 5.78. The quantitative estimate of drug-likeness (QED) is 0.816. The predicted octanol–water partition coefficient (Wildman–Crippen LogP) is 1.45. The standard InChI is InChI=1S/C22H30N4O2/c1-24-10-12-26(13-11-24)21-15-25(16-22(21)27)14-18-5-7-20(8-6-18)28-17-19-4-2-3-9-23-19/h2-9,21-22,27H,10-17H2,1H3/t21-,22-/m0/s1. The zero-order chi connectivity index (χ0) is 19.3. The molecule has 4 rings (SSSR count). The van der Waals surface area contributed by atoms with E-state index in [2.05, 4.69) is 38.9 Å². The smallest absolute Gasteiger partial charge is 0.130 e. The minimum Gasteiger partial charge on any atom is -0.487 e. The molecule has 1 N–H and O–H groups in total. The third kappa shape index (κ3) is 4.89. The molecule has 2 fully saturated rings. The number of benzene rings is 1. The number of hydrogen-bond acceptors (Lipinski definition) is 6. The maximum Gasteiger partial charge on any atom is 0.130 e. The molecule has 1 aromatic heterocycles. The SMILES string of the molecule is CN1CCN([C@H]2CN(Cc3ccc(OCc4ccccn4)cc3)C[C@@H]2O)CC1. The van der Waals surface area contributed by atoms with Gasteiger partial charge in [-0.3, -0.25) is 14.8 Å². The average molecular weight is 383 g/mol. The topological polar surface area (TPSA) is 52.1 Å². The van der Waals surface area contributed by atoms with Gasteiger partial charge in [-0.1, -0.05) is 18.2 Å². The van der Waals surface area contributed by atoms with Gasteiger partial charge in [0.15, 0.2) is 0 Å². The summed E-state index contributed by atoms with van der Waals surface area (Å²) in [5.41, 5.74) is 2.17. The van der Waals surface area contributed by atoms with Gasteiger partial charge in [0.1, 0.15) is 12.4 Å². The van der Waals surface area contributed by atoms with Crippen molar-refractivity contribution in [2.45, 2.75) is 25.3 Å². The zero-order valence-corrected chi connectivity index (χ0v) is 16.6. The number of aromatic nitrogens is 1. The van der Waals surface area contributed by atoms with Gasteiger partial charge in [0.05, 0.1) is 11.8 Å². The lowest BCUT2D eigenvalue weighted by Gasteiger charge is -2.37. The van der Waals surface area contributed by atoms with Gasteiger partial charge in [-0.25, -0.2) is 0 Å². The van der Waals surface area contributed by atoms with Crippen molar-refractivity contribution in [2.75, 3.05) is 46.3 Å². The van der Waals surface area contributed by atoms with E-state index in [0.717, 1.165) is 57.3 Å². The highest BCUT2D eigenvalue weighted by atomic mass is 16.5. The van der Waals surface area contributed by atoms with Crippen molar-refractivity contribution >= 4 is 0 Å². The van der Waals surface area contributed by atoms with E-state index in [9.17, 15) is 5.11 Å². The fraction of sp³-hybridized carbons (Fsp3) is 0.500. The van der Waals surface area contributed by atoms with Gasteiger partial charge in [-0.15, -0.1) is 0 Å². The maximum absolute atomic E-state index is 10.6. The number of likely N-dealkylation sites (tertiary alicyclic amines) is 1. The van der Waals surface area contributed by atoms with Crippen LogP contribution in [0.25, 0.3) is 0 Å². The van der Waals surface area contributed by atoms with Crippen LogP contribution in [0.5, 0.6) is 5.75 Å². The summed E-state index contributed by atoms with van der Waals surface area (Å²) in [6, 6.07) is 14.4. The van der Waals surface area contributed by atoms with Crippen LogP contribution in [0, 0.1) is 0 Å². The largest absolute Gasteiger partial charge is 0.487 e. The second-order valence-corrected chi connectivity index (χ2v) is 7.92. The number of likely N-dealkylation sites (N-methyl/N-ethyl adjacent to an activating group) is 1. The number of rotatable bonds is 6. The Morgan fingerprint density at radius 3 is 2.54 bits per heavy atom. The van der Waals surface area contributed by atoms with E-state index >= 15 is 0 Å². The van der Waals surface area contributed by atoms with Gasteiger partial charge in [0.25, 0.3) is 0 Å². The van der Waals surface area contributed by atoms with Gasteiger partial charge >= 0.3 is 0 Å². The number of piperazine rings is 1. The number of ether oxygens (including phenoxy) is 1. The highest BCUT2D eigenvalue weighted by Crippen LogP contribution is 2.21. The summed E-state index contributed by atoms with van der Waals surface area (Å²) in [5.74, 6) is 0.853. The Morgan fingerprint density at radius 2 is 1.82 bits per heavy atom. The molecule has 3 heterocycles. The molecule has 2 aliphatic rings. The molecule has 0 saturated carbocycles. The Kier molecular flexibility index (Phi) is 6.22. The van der Waals surface area contributed by atoms with Crippen molar-refractivity contribution in [3.63, 3.8) is 0 Å². The van der Waals surface area contributed by atoms with Crippen molar-refractivity contribution in [3.8, 4) is 5.75 Å². The van der Waals surface area contributed by atoms with Crippen molar-refractivity contribution < 1.29 is 9.84 Å². The minimum absolute atomic E-state index is 0.259. The van der Waals surface area contributed by atoms with E-state index in [0.29, 0.717) is 6.61 Å². The Bertz CT molecular complexity index is 732. The van der Waals surface area contributed by atoms with E-state index in [1.807, 2.05) is 30.3 Å². The molecule has 2 saturated heterocycles. The van der Waals surface area contributed by atoms with E-state index < -0.39 is 0 Å². The molecule has 6 heteroatoms. The summed E-state index contributed by atoms with van der Waals surface area (Å²) in [6.07, 6.45) is 1.52. The van der Waals surface area contributed by atoms with Crippen molar-refractivity contribution in [2.24, 2.45) is 0 Å². The molecular formula is C22H30N4O2. The van der Waals surface area contributed by atoms with Crippen LogP contribution in [0.3, 0.4) is 0 Å². The molecule has 0 bridgehead atoms. The number of hydrogen-bond donors (Lipinski definition) is 1. The highest BCUT2D eigenvalue weighted by molar-refractivity contribution is 5.27. The van der Waals surface area contributed by atoms with Gasteiger partial charge < -0.3 is 14.7 Å². The van der Waals surface area contributed by atoms with E-state index in [4.69, 9.17) is 4.74 Å². The van der Waals surface area contributed by atoms with E-state index in [-0.39, 0.29) is 12.1 Å². The van der Waals surface area contributed by atoms with E-state index in [1.165, 1.54) is 5.56 Å². The van der Waals surface area contributed by atoms with Crippen molar-refractivity contribution in [1.82, 2.24) is 19.7 Å². The van der Waals surface area contributed by atoms with Crippen LogP contribution in [-0.4, -0.2) is 83.3 Å². The summed E-state index contributed by atoms with van der Waals surface area (Å²) < 4.78 is 5.81. The predicted molar refractivity (Wildman–Crippen MR) is 109 cm³/mol. The Hall–Kier alpha value is -1.99. The first kappa shape index (κ1) is 19.3.